The molecule has 0 aliphatic carbocycles. The highest BCUT2D eigenvalue weighted by atomic mass is 32.1. The van der Waals surface area contributed by atoms with Crippen molar-refractivity contribution < 1.29 is 18.8 Å². The lowest BCUT2D eigenvalue weighted by molar-refractivity contribution is -0.117. The van der Waals surface area contributed by atoms with E-state index in [2.05, 4.69) is 10.6 Å². The van der Waals surface area contributed by atoms with E-state index in [1.54, 1.807) is 17.0 Å². The van der Waals surface area contributed by atoms with Crippen LogP contribution in [-0.4, -0.2) is 60.2 Å². The summed E-state index contributed by atoms with van der Waals surface area (Å²) in [6.07, 6.45) is 0. The summed E-state index contributed by atoms with van der Waals surface area (Å²) in [7, 11) is 0. The summed E-state index contributed by atoms with van der Waals surface area (Å²) in [5.74, 6) is -0.774. The third-order valence-electron chi connectivity index (χ3n) is 4.27. The summed E-state index contributed by atoms with van der Waals surface area (Å²) in [4.78, 5) is 40.1. The largest absolute Gasteiger partial charge is 0.335 e. The molecule has 0 atom stereocenters. The number of hydrogen-bond donors (Lipinski definition) is 2. The zero-order valence-electron chi connectivity index (χ0n) is 15.4. The molecule has 2 N–H and O–H groups in total. The third kappa shape index (κ3) is 5.37. The molecule has 7 nitrogen and oxygen atoms in total. The minimum Gasteiger partial charge on any atom is -0.335 e. The van der Waals surface area contributed by atoms with Gasteiger partial charge in [0.05, 0.1) is 16.4 Å². The first-order valence-electron chi connectivity index (χ1n) is 8.85. The van der Waals surface area contributed by atoms with Crippen LogP contribution in [0.4, 0.5) is 15.1 Å². The van der Waals surface area contributed by atoms with Gasteiger partial charge in [0.2, 0.25) is 11.8 Å². The number of carbonyl (C=O) groups is 3. The van der Waals surface area contributed by atoms with Crippen molar-refractivity contribution >= 4 is 39.7 Å². The molecule has 1 aliphatic heterocycles. The smallest absolute Gasteiger partial charge is 0.264 e. The fourth-order valence-electron chi connectivity index (χ4n) is 2.90. The Kier molecular flexibility index (Phi) is 6.37. The molecule has 1 aromatic carbocycles. The first-order chi connectivity index (χ1) is 13.4. The number of thiophene rings is 1. The van der Waals surface area contributed by atoms with Gasteiger partial charge in [0.1, 0.15) is 5.82 Å². The van der Waals surface area contributed by atoms with Crippen molar-refractivity contribution in [1.29, 1.82) is 0 Å². The number of rotatable bonds is 5. The van der Waals surface area contributed by atoms with E-state index in [0.717, 1.165) is 0 Å². The average Bonchev–Trinajstić information content (AvgIpc) is 3.11. The molecule has 1 saturated heterocycles. The van der Waals surface area contributed by atoms with Gasteiger partial charge >= 0.3 is 0 Å². The van der Waals surface area contributed by atoms with Crippen molar-refractivity contribution in [3.05, 3.63) is 47.1 Å². The second kappa shape index (κ2) is 8.94. The molecule has 0 unspecified atom stereocenters. The molecular formula is C19H21FN4O3S. The van der Waals surface area contributed by atoms with Gasteiger partial charge in [-0.25, -0.2) is 4.39 Å². The lowest BCUT2D eigenvalue weighted by atomic mass is 10.2. The van der Waals surface area contributed by atoms with Crippen molar-refractivity contribution in [2.45, 2.75) is 6.92 Å². The van der Waals surface area contributed by atoms with E-state index in [1.165, 1.54) is 42.5 Å². The Morgan fingerprint density at radius 3 is 2.32 bits per heavy atom. The minimum atomic E-state index is -0.353. The Morgan fingerprint density at radius 1 is 1.00 bits per heavy atom. The number of hydrogen-bond acceptors (Lipinski definition) is 5. The number of nitrogens with one attached hydrogen (secondary N) is 2. The first kappa shape index (κ1) is 20.0. The van der Waals surface area contributed by atoms with Crippen LogP contribution in [-0.2, 0) is 9.59 Å². The summed E-state index contributed by atoms with van der Waals surface area (Å²) in [5, 5.41) is 6.05. The predicted octanol–water partition coefficient (Wildman–Crippen LogP) is 2.24. The van der Waals surface area contributed by atoms with Crippen molar-refractivity contribution in [2.75, 3.05) is 43.4 Å². The molecule has 148 valence electrons. The van der Waals surface area contributed by atoms with E-state index in [9.17, 15) is 18.8 Å². The molecule has 2 heterocycles. The molecule has 3 rings (SSSR count). The van der Waals surface area contributed by atoms with Crippen molar-refractivity contribution in [2.24, 2.45) is 0 Å². The molecule has 3 amide bonds. The van der Waals surface area contributed by atoms with Crippen LogP contribution in [0.25, 0.3) is 0 Å². The second-order valence-electron chi connectivity index (χ2n) is 6.47. The zero-order chi connectivity index (χ0) is 20.1. The highest BCUT2D eigenvalue weighted by Crippen LogP contribution is 2.23. The summed E-state index contributed by atoms with van der Waals surface area (Å²) in [6.45, 7) is 3.86. The van der Waals surface area contributed by atoms with Crippen LogP contribution in [0.1, 0.15) is 16.6 Å². The van der Waals surface area contributed by atoms with Gasteiger partial charge in [-0.2, -0.15) is 0 Å². The van der Waals surface area contributed by atoms with E-state index in [4.69, 9.17) is 0 Å². The highest BCUT2D eigenvalue weighted by Gasteiger charge is 2.24. The van der Waals surface area contributed by atoms with E-state index in [1.807, 2.05) is 4.90 Å². The van der Waals surface area contributed by atoms with Gasteiger partial charge < -0.3 is 15.5 Å². The normalized spacial score (nSPS) is 14.6. The Labute approximate surface area is 166 Å². The SMILES string of the molecule is CC(=O)Nc1ccc(C(=O)N2CCN(CC(=O)Nc3ccc(F)cc3)CC2)s1. The molecule has 2 aromatic rings. The maximum atomic E-state index is 12.9. The number of nitrogens with zero attached hydrogens (tertiary/aromatic N) is 2. The molecule has 1 aliphatic rings. The van der Waals surface area contributed by atoms with Crippen LogP contribution < -0.4 is 10.6 Å². The Hall–Kier alpha value is -2.78. The van der Waals surface area contributed by atoms with Crippen LogP contribution in [0.5, 0.6) is 0 Å². The number of amides is 3. The fraction of sp³-hybridized carbons (Fsp3) is 0.316. The van der Waals surface area contributed by atoms with Gasteiger partial charge in [0, 0.05) is 38.8 Å². The monoisotopic (exact) mass is 404 g/mol. The molecule has 1 aromatic heterocycles. The minimum absolute atomic E-state index is 0.0722. The maximum Gasteiger partial charge on any atom is 0.264 e. The third-order valence-corrected chi connectivity index (χ3v) is 5.26. The van der Waals surface area contributed by atoms with Crippen molar-refractivity contribution in [3.63, 3.8) is 0 Å². The molecule has 28 heavy (non-hydrogen) atoms. The van der Waals surface area contributed by atoms with E-state index in [0.29, 0.717) is 41.7 Å². The number of piperazine rings is 1. The van der Waals surface area contributed by atoms with E-state index < -0.39 is 0 Å². The van der Waals surface area contributed by atoms with Crippen molar-refractivity contribution in [1.82, 2.24) is 9.80 Å². The van der Waals surface area contributed by atoms with Gasteiger partial charge in [0.15, 0.2) is 0 Å². The lowest BCUT2D eigenvalue weighted by Gasteiger charge is -2.34. The topological polar surface area (TPSA) is 81.8 Å². The van der Waals surface area contributed by atoms with E-state index >= 15 is 0 Å². The molecule has 0 radical (unpaired) electrons. The molecule has 1 fully saturated rings. The molecular weight excluding hydrogens is 383 g/mol. The Bertz CT molecular complexity index is 860. The number of halogens is 1. The fourth-order valence-corrected chi connectivity index (χ4v) is 3.82. The molecule has 0 bridgehead atoms. The lowest BCUT2D eigenvalue weighted by Crippen LogP contribution is -2.50. The van der Waals surface area contributed by atoms with Crippen LogP contribution >= 0.6 is 11.3 Å². The average molecular weight is 404 g/mol. The van der Waals surface area contributed by atoms with Crippen LogP contribution in [0.15, 0.2) is 36.4 Å². The Balaban J connectivity index is 1.46. The van der Waals surface area contributed by atoms with Gasteiger partial charge in [0.25, 0.3) is 5.91 Å². The van der Waals surface area contributed by atoms with Crippen LogP contribution in [0.3, 0.4) is 0 Å². The van der Waals surface area contributed by atoms with Gasteiger partial charge in [-0.05, 0) is 36.4 Å². The predicted molar refractivity (Wildman–Crippen MR) is 106 cm³/mol. The zero-order valence-corrected chi connectivity index (χ0v) is 16.2. The summed E-state index contributed by atoms with van der Waals surface area (Å²) in [6, 6.07) is 9.04. The molecule has 9 heteroatoms. The Morgan fingerprint density at radius 2 is 1.68 bits per heavy atom. The quantitative estimate of drug-likeness (QED) is 0.801. The highest BCUT2D eigenvalue weighted by molar-refractivity contribution is 7.18. The number of carbonyl (C=O) groups excluding carboxylic acids is 3. The van der Waals surface area contributed by atoms with Crippen LogP contribution in [0, 0.1) is 5.82 Å². The van der Waals surface area contributed by atoms with Gasteiger partial charge in [-0.3, -0.25) is 19.3 Å². The second-order valence-corrected chi connectivity index (χ2v) is 7.55. The number of benzene rings is 1. The van der Waals surface area contributed by atoms with E-state index in [-0.39, 0.29) is 30.1 Å². The first-order valence-corrected chi connectivity index (χ1v) is 9.67. The van der Waals surface area contributed by atoms with Gasteiger partial charge in [-0.15, -0.1) is 11.3 Å². The van der Waals surface area contributed by atoms with Crippen LogP contribution in [0.2, 0.25) is 0 Å². The molecule has 0 saturated carbocycles. The standard InChI is InChI=1S/C19H21FN4O3S/c1-13(25)21-18-7-6-16(28-18)19(27)24-10-8-23(9-11-24)12-17(26)22-15-4-2-14(20)3-5-15/h2-7H,8-12H2,1H3,(H,21,25)(H,22,26). The molecule has 0 spiro atoms. The maximum absolute atomic E-state index is 12.9. The van der Waals surface area contributed by atoms with Gasteiger partial charge in [-0.1, -0.05) is 0 Å². The summed E-state index contributed by atoms with van der Waals surface area (Å²) >= 11 is 1.25. The summed E-state index contributed by atoms with van der Waals surface area (Å²) < 4.78 is 12.9. The van der Waals surface area contributed by atoms with Crippen molar-refractivity contribution in [3.8, 4) is 0 Å². The summed E-state index contributed by atoms with van der Waals surface area (Å²) in [5.41, 5.74) is 0.549. The number of anilines is 2.